The van der Waals surface area contributed by atoms with Gasteiger partial charge >= 0.3 is 0 Å². The van der Waals surface area contributed by atoms with E-state index in [1.165, 1.54) is 30.3 Å². The first-order valence-corrected chi connectivity index (χ1v) is 7.00. The molecule has 0 saturated carbocycles. The van der Waals surface area contributed by atoms with Gasteiger partial charge in [-0.05, 0) is 30.3 Å². The molecule has 2 N–H and O–H groups in total. The van der Waals surface area contributed by atoms with Crippen LogP contribution in [0.1, 0.15) is 10.4 Å². The lowest BCUT2D eigenvalue weighted by atomic mass is 10.2. The zero-order chi connectivity index (χ0) is 16.1. The number of hydrogen-bond donors (Lipinski definition) is 2. The summed E-state index contributed by atoms with van der Waals surface area (Å²) >= 11 is 11.7. The van der Waals surface area contributed by atoms with Crippen molar-refractivity contribution in [1.29, 1.82) is 0 Å². The summed E-state index contributed by atoms with van der Waals surface area (Å²) in [4.78, 5) is 23.5. The van der Waals surface area contributed by atoms with Crippen molar-refractivity contribution in [1.82, 2.24) is 5.32 Å². The van der Waals surface area contributed by atoms with Gasteiger partial charge < -0.3 is 10.6 Å². The minimum Gasteiger partial charge on any atom is -0.343 e. The SMILES string of the molecule is O=C(CNC(=O)c1ccccc1F)Nc1ccc(Cl)cc1Cl. The minimum absolute atomic E-state index is 0.125. The summed E-state index contributed by atoms with van der Waals surface area (Å²) in [5, 5.41) is 5.57. The zero-order valence-corrected chi connectivity index (χ0v) is 12.7. The molecule has 4 nitrogen and oxygen atoms in total. The van der Waals surface area contributed by atoms with Crippen LogP contribution in [-0.4, -0.2) is 18.4 Å². The quantitative estimate of drug-likeness (QED) is 0.894. The molecule has 0 spiro atoms. The fourth-order valence-corrected chi connectivity index (χ4v) is 2.14. The third kappa shape index (κ3) is 4.19. The molecular formula is C15H11Cl2FN2O2. The van der Waals surface area contributed by atoms with Gasteiger partial charge in [0.15, 0.2) is 0 Å². The molecule has 114 valence electrons. The predicted molar refractivity (Wildman–Crippen MR) is 83.8 cm³/mol. The number of anilines is 1. The van der Waals surface area contributed by atoms with Crippen molar-refractivity contribution in [2.45, 2.75) is 0 Å². The molecular weight excluding hydrogens is 330 g/mol. The zero-order valence-electron chi connectivity index (χ0n) is 11.2. The van der Waals surface area contributed by atoms with Gasteiger partial charge in [-0.1, -0.05) is 35.3 Å². The second-order valence-corrected chi connectivity index (χ2v) is 5.18. The van der Waals surface area contributed by atoms with Crippen molar-refractivity contribution in [3.63, 3.8) is 0 Å². The molecule has 0 saturated heterocycles. The average Bonchev–Trinajstić information content (AvgIpc) is 2.48. The lowest BCUT2D eigenvalue weighted by molar-refractivity contribution is -0.115. The van der Waals surface area contributed by atoms with E-state index in [0.29, 0.717) is 10.7 Å². The monoisotopic (exact) mass is 340 g/mol. The van der Waals surface area contributed by atoms with Crippen molar-refractivity contribution in [3.8, 4) is 0 Å². The average molecular weight is 341 g/mol. The van der Waals surface area contributed by atoms with E-state index >= 15 is 0 Å². The van der Waals surface area contributed by atoms with Gasteiger partial charge in [-0.25, -0.2) is 4.39 Å². The molecule has 0 aliphatic rings. The highest BCUT2D eigenvalue weighted by molar-refractivity contribution is 6.36. The van der Waals surface area contributed by atoms with Crippen LogP contribution in [-0.2, 0) is 4.79 Å². The van der Waals surface area contributed by atoms with Crippen molar-refractivity contribution < 1.29 is 14.0 Å². The topological polar surface area (TPSA) is 58.2 Å². The summed E-state index contributed by atoms with van der Waals surface area (Å²) in [6, 6.07) is 10.1. The molecule has 0 aromatic heterocycles. The molecule has 22 heavy (non-hydrogen) atoms. The molecule has 0 aliphatic carbocycles. The first-order chi connectivity index (χ1) is 10.5. The second kappa shape index (κ2) is 7.24. The minimum atomic E-state index is -0.671. The van der Waals surface area contributed by atoms with Gasteiger partial charge in [0.2, 0.25) is 5.91 Å². The van der Waals surface area contributed by atoms with Gasteiger partial charge in [0, 0.05) is 5.02 Å². The van der Waals surface area contributed by atoms with Gasteiger partial charge in [-0.3, -0.25) is 9.59 Å². The van der Waals surface area contributed by atoms with E-state index in [9.17, 15) is 14.0 Å². The lowest BCUT2D eigenvalue weighted by Crippen LogP contribution is -2.33. The first kappa shape index (κ1) is 16.3. The normalized spacial score (nSPS) is 10.1. The molecule has 0 aliphatic heterocycles. The molecule has 7 heteroatoms. The highest BCUT2D eigenvalue weighted by Gasteiger charge is 2.12. The van der Waals surface area contributed by atoms with Crippen LogP contribution >= 0.6 is 23.2 Å². The van der Waals surface area contributed by atoms with Gasteiger partial charge in [0.25, 0.3) is 5.91 Å². The number of rotatable bonds is 4. The maximum absolute atomic E-state index is 13.4. The van der Waals surface area contributed by atoms with Crippen LogP contribution in [0.25, 0.3) is 0 Å². The fourth-order valence-electron chi connectivity index (χ4n) is 1.69. The smallest absolute Gasteiger partial charge is 0.254 e. The second-order valence-electron chi connectivity index (χ2n) is 4.33. The van der Waals surface area contributed by atoms with Crippen LogP contribution in [0.4, 0.5) is 10.1 Å². The van der Waals surface area contributed by atoms with Gasteiger partial charge in [-0.2, -0.15) is 0 Å². The fraction of sp³-hybridized carbons (Fsp3) is 0.0667. The first-order valence-electron chi connectivity index (χ1n) is 6.25. The van der Waals surface area contributed by atoms with E-state index in [-0.39, 0.29) is 17.1 Å². The number of halogens is 3. The highest BCUT2D eigenvalue weighted by atomic mass is 35.5. The highest BCUT2D eigenvalue weighted by Crippen LogP contribution is 2.25. The summed E-state index contributed by atoms with van der Waals surface area (Å²) in [5.41, 5.74) is 0.246. The van der Waals surface area contributed by atoms with Crippen molar-refractivity contribution >= 4 is 40.7 Å². The van der Waals surface area contributed by atoms with Crippen molar-refractivity contribution in [2.75, 3.05) is 11.9 Å². The van der Waals surface area contributed by atoms with Crippen molar-refractivity contribution in [3.05, 3.63) is 63.9 Å². The Balaban J connectivity index is 1.93. The Hall–Kier alpha value is -2.11. The molecule has 2 aromatic rings. The van der Waals surface area contributed by atoms with E-state index in [1.54, 1.807) is 12.1 Å². The van der Waals surface area contributed by atoms with Crippen LogP contribution in [0.3, 0.4) is 0 Å². The Morgan fingerprint density at radius 1 is 1.09 bits per heavy atom. The number of carbonyl (C=O) groups is 2. The third-order valence-electron chi connectivity index (χ3n) is 2.73. The van der Waals surface area contributed by atoms with Gasteiger partial charge in [0.1, 0.15) is 5.82 Å². The predicted octanol–water partition coefficient (Wildman–Crippen LogP) is 3.50. The number of carbonyl (C=O) groups excluding carboxylic acids is 2. The molecule has 2 aromatic carbocycles. The Labute approximate surface area is 136 Å². The number of hydrogen-bond acceptors (Lipinski definition) is 2. The summed E-state index contributed by atoms with van der Waals surface area (Å²) in [6.07, 6.45) is 0. The largest absolute Gasteiger partial charge is 0.343 e. The Morgan fingerprint density at radius 3 is 2.50 bits per heavy atom. The molecule has 0 unspecified atom stereocenters. The van der Waals surface area contributed by atoms with Gasteiger partial charge in [0.05, 0.1) is 22.8 Å². The maximum atomic E-state index is 13.4. The van der Waals surface area contributed by atoms with E-state index in [2.05, 4.69) is 10.6 Å². The molecule has 0 heterocycles. The van der Waals surface area contributed by atoms with E-state index in [1.807, 2.05) is 0 Å². The molecule has 2 amide bonds. The molecule has 2 rings (SSSR count). The summed E-state index contributed by atoms with van der Waals surface area (Å²) in [6.45, 7) is -0.313. The van der Waals surface area contributed by atoms with Crippen LogP contribution in [0.2, 0.25) is 10.0 Å². The van der Waals surface area contributed by atoms with E-state index in [0.717, 1.165) is 0 Å². The number of benzene rings is 2. The number of nitrogens with one attached hydrogen (secondary N) is 2. The molecule has 0 bridgehead atoms. The van der Waals surface area contributed by atoms with Crippen LogP contribution < -0.4 is 10.6 Å². The molecule has 0 fully saturated rings. The Morgan fingerprint density at radius 2 is 1.82 bits per heavy atom. The lowest BCUT2D eigenvalue weighted by Gasteiger charge is -2.09. The Kier molecular flexibility index (Phi) is 5.35. The van der Waals surface area contributed by atoms with E-state index < -0.39 is 17.6 Å². The summed E-state index contributed by atoms with van der Waals surface area (Å²) in [7, 11) is 0. The molecule has 0 atom stereocenters. The van der Waals surface area contributed by atoms with Gasteiger partial charge in [-0.15, -0.1) is 0 Å². The standard InChI is InChI=1S/C15H11Cl2FN2O2/c16-9-5-6-13(11(17)7-9)20-14(21)8-19-15(22)10-3-1-2-4-12(10)18/h1-7H,8H2,(H,19,22)(H,20,21). The Bertz CT molecular complexity index is 722. The maximum Gasteiger partial charge on any atom is 0.254 e. The molecule has 0 radical (unpaired) electrons. The van der Waals surface area contributed by atoms with Crippen LogP contribution in [0.5, 0.6) is 0 Å². The third-order valence-corrected chi connectivity index (χ3v) is 3.28. The number of amides is 2. The van der Waals surface area contributed by atoms with Crippen LogP contribution in [0, 0.1) is 5.82 Å². The van der Waals surface area contributed by atoms with Crippen molar-refractivity contribution in [2.24, 2.45) is 0 Å². The van der Waals surface area contributed by atoms with E-state index in [4.69, 9.17) is 23.2 Å². The summed E-state index contributed by atoms with van der Waals surface area (Å²) in [5.74, 6) is -1.81. The summed E-state index contributed by atoms with van der Waals surface area (Å²) < 4.78 is 13.4. The van der Waals surface area contributed by atoms with Crippen LogP contribution in [0.15, 0.2) is 42.5 Å².